The molecule has 2 aromatic carbocycles. The van der Waals surface area contributed by atoms with E-state index in [-0.39, 0.29) is 23.0 Å². The highest BCUT2D eigenvalue weighted by molar-refractivity contribution is 7.17. The van der Waals surface area contributed by atoms with Gasteiger partial charge in [0, 0.05) is 17.0 Å². The van der Waals surface area contributed by atoms with Crippen LogP contribution in [0, 0.1) is 0 Å². The largest absolute Gasteiger partial charge is 0.493 e. The zero-order valence-corrected chi connectivity index (χ0v) is 19.3. The van der Waals surface area contributed by atoms with Crippen molar-refractivity contribution in [2.24, 2.45) is 0 Å². The summed E-state index contributed by atoms with van der Waals surface area (Å²) in [5, 5.41) is 6.29. The van der Waals surface area contributed by atoms with E-state index in [0.717, 1.165) is 41.7 Å². The molecule has 0 saturated carbocycles. The molecule has 3 aromatic rings. The molecule has 0 atom stereocenters. The van der Waals surface area contributed by atoms with Gasteiger partial charge in [0.15, 0.2) is 11.5 Å². The Morgan fingerprint density at radius 2 is 1.79 bits per heavy atom. The Kier molecular flexibility index (Phi) is 7.42. The molecule has 1 aliphatic rings. The van der Waals surface area contributed by atoms with Crippen LogP contribution >= 0.6 is 11.3 Å². The zero-order valence-electron chi connectivity index (χ0n) is 18.5. The van der Waals surface area contributed by atoms with Gasteiger partial charge in [0.2, 0.25) is 0 Å². The first kappa shape index (κ1) is 23.7. The number of methoxy groups -OCH3 is 1. The number of benzene rings is 2. The third-order valence-corrected chi connectivity index (χ3v) is 6.77. The summed E-state index contributed by atoms with van der Waals surface area (Å²) in [5.74, 6) is -0.865. The van der Waals surface area contributed by atoms with Gasteiger partial charge in [-0.3, -0.25) is 9.59 Å². The number of rotatable bonds is 8. The highest BCUT2D eigenvalue weighted by atomic mass is 32.1. The van der Waals surface area contributed by atoms with Gasteiger partial charge in [0.1, 0.15) is 5.00 Å². The Morgan fingerprint density at radius 3 is 2.53 bits per heavy atom. The molecule has 0 radical (unpaired) electrons. The second kappa shape index (κ2) is 10.6. The summed E-state index contributed by atoms with van der Waals surface area (Å²) in [4.78, 5) is 27.3. The van der Waals surface area contributed by atoms with Crippen LogP contribution in [0.1, 0.15) is 49.6 Å². The molecule has 0 bridgehead atoms. The fraction of sp³-hybridized carbons (Fsp3) is 0.280. The lowest BCUT2D eigenvalue weighted by Gasteiger charge is -2.14. The summed E-state index contributed by atoms with van der Waals surface area (Å²) in [6.45, 7) is -2.64. The minimum absolute atomic E-state index is 0.0132. The Morgan fingerprint density at radius 1 is 1.03 bits per heavy atom. The Labute approximate surface area is 199 Å². The summed E-state index contributed by atoms with van der Waals surface area (Å²) >= 11 is 1.41. The predicted molar refractivity (Wildman–Crippen MR) is 126 cm³/mol. The number of aryl methyl sites for hydroxylation is 1. The zero-order chi connectivity index (χ0) is 24.1. The second-order valence-corrected chi connectivity index (χ2v) is 8.89. The second-order valence-electron chi connectivity index (χ2n) is 7.78. The minimum Gasteiger partial charge on any atom is -0.493 e. The highest BCUT2D eigenvalue weighted by Crippen LogP contribution is 2.39. The lowest BCUT2D eigenvalue weighted by atomic mass is 9.95. The number of halogens is 2. The fourth-order valence-electron chi connectivity index (χ4n) is 3.94. The van der Waals surface area contributed by atoms with Gasteiger partial charge < -0.3 is 20.1 Å². The average Bonchev–Trinajstić information content (AvgIpc) is 3.20. The van der Waals surface area contributed by atoms with Crippen LogP contribution < -0.4 is 20.1 Å². The molecule has 1 heterocycles. The topological polar surface area (TPSA) is 76.7 Å². The van der Waals surface area contributed by atoms with Crippen LogP contribution in [0.2, 0.25) is 0 Å². The van der Waals surface area contributed by atoms with Crippen molar-refractivity contribution in [3.05, 3.63) is 75.7 Å². The fourth-order valence-corrected chi connectivity index (χ4v) is 5.22. The van der Waals surface area contributed by atoms with Gasteiger partial charge >= 0.3 is 6.61 Å². The van der Waals surface area contributed by atoms with Gasteiger partial charge in [0.05, 0.1) is 12.7 Å². The lowest BCUT2D eigenvalue weighted by Crippen LogP contribution is -2.25. The van der Waals surface area contributed by atoms with Crippen LogP contribution in [0.5, 0.6) is 11.5 Å². The summed E-state index contributed by atoms with van der Waals surface area (Å²) in [6.07, 6.45) is 3.67. The van der Waals surface area contributed by atoms with Crippen molar-refractivity contribution in [2.75, 3.05) is 12.4 Å². The van der Waals surface area contributed by atoms with Crippen LogP contribution in [-0.4, -0.2) is 25.5 Å². The quantitative estimate of drug-likeness (QED) is 0.446. The number of thiophene rings is 1. The normalized spacial score (nSPS) is 12.7. The summed E-state index contributed by atoms with van der Waals surface area (Å²) in [7, 11) is 1.30. The maximum atomic E-state index is 13.2. The van der Waals surface area contributed by atoms with Crippen LogP contribution in [0.3, 0.4) is 0 Å². The first-order valence-electron chi connectivity index (χ1n) is 10.9. The molecule has 178 valence electrons. The molecular weight excluding hydrogens is 462 g/mol. The number of carbonyl (C=O) groups is 2. The van der Waals surface area contributed by atoms with E-state index in [2.05, 4.69) is 15.4 Å². The van der Waals surface area contributed by atoms with Crippen LogP contribution in [0.25, 0.3) is 0 Å². The molecule has 9 heteroatoms. The van der Waals surface area contributed by atoms with E-state index in [1.165, 1.54) is 36.6 Å². The number of hydrogen-bond acceptors (Lipinski definition) is 5. The Balaban J connectivity index is 1.57. The van der Waals surface area contributed by atoms with E-state index in [1.807, 2.05) is 30.3 Å². The molecule has 0 spiro atoms. The van der Waals surface area contributed by atoms with Gasteiger partial charge in [0.25, 0.3) is 11.8 Å². The molecule has 2 amide bonds. The molecular formula is C25H24F2N2O4S. The number of hydrogen-bond donors (Lipinski definition) is 2. The van der Waals surface area contributed by atoms with E-state index in [1.54, 1.807) is 0 Å². The number of ether oxygens (including phenoxy) is 2. The monoisotopic (exact) mass is 486 g/mol. The van der Waals surface area contributed by atoms with Crippen molar-refractivity contribution in [2.45, 2.75) is 38.8 Å². The van der Waals surface area contributed by atoms with Gasteiger partial charge in [-0.1, -0.05) is 30.3 Å². The van der Waals surface area contributed by atoms with Crippen molar-refractivity contribution < 1.29 is 27.8 Å². The summed E-state index contributed by atoms with van der Waals surface area (Å²) < 4.78 is 34.7. The van der Waals surface area contributed by atoms with Crippen molar-refractivity contribution in [3.63, 3.8) is 0 Å². The standard InChI is InChI=1S/C25H24F2N2O4S/c1-32-19-13-16(11-12-18(19)33-25(26)27)22(30)29-24-21(17-9-5-6-10-20(17)34-24)23(31)28-14-15-7-3-2-4-8-15/h2-4,7-8,11-13,25H,5-6,9-10,14H2,1H3,(H,28,31)(H,29,30). The van der Waals surface area contributed by atoms with Gasteiger partial charge in [-0.2, -0.15) is 8.78 Å². The maximum Gasteiger partial charge on any atom is 0.387 e. The predicted octanol–water partition coefficient (Wildman–Crippen LogP) is 5.42. The molecule has 0 unspecified atom stereocenters. The summed E-state index contributed by atoms with van der Waals surface area (Å²) in [5.41, 5.74) is 2.65. The van der Waals surface area contributed by atoms with E-state index >= 15 is 0 Å². The minimum atomic E-state index is -3.01. The first-order valence-corrected chi connectivity index (χ1v) is 11.7. The Bertz CT molecular complexity index is 1180. The van der Waals surface area contributed by atoms with Crippen molar-refractivity contribution in [1.82, 2.24) is 5.32 Å². The van der Waals surface area contributed by atoms with Crippen molar-refractivity contribution in [3.8, 4) is 11.5 Å². The molecule has 34 heavy (non-hydrogen) atoms. The first-order chi connectivity index (χ1) is 16.5. The number of carbonyl (C=O) groups excluding carboxylic acids is 2. The number of nitrogens with one attached hydrogen (secondary N) is 2. The molecule has 0 fully saturated rings. The maximum absolute atomic E-state index is 13.2. The SMILES string of the molecule is COc1cc(C(=O)Nc2sc3c(c2C(=O)NCc2ccccc2)CCCC3)ccc1OC(F)F. The van der Waals surface area contributed by atoms with E-state index in [0.29, 0.717) is 17.1 Å². The molecule has 4 rings (SSSR count). The highest BCUT2D eigenvalue weighted by Gasteiger charge is 2.27. The number of alkyl halides is 2. The van der Waals surface area contributed by atoms with E-state index in [4.69, 9.17) is 4.74 Å². The molecule has 0 aliphatic heterocycles. The number of fused-ring (bicyclic) bond motifs is 1. The average molecular weight is 487 g/mol. The third-order valence-electron chi connectivity index (χ3n) is 5.56. The van der Waals surface area contributed by atoms with E-state index < -0.39 is 12.5 Å². The number of anilines is 1. The molecule has 2 N–H and O–H groups in total. The van der Waals surface area contributed by atoms with Crippen LogP contribution in [0.15, 0.2) is 48.5 Å². The van der Waals surface area contributed by atoms with Gasteiger partial charge in [-0.25, -0.2) is 0 Å². The molecule has 1 aliphatic carbocycles. The van der Waals surface area contributed by atoms with E-state index in [9.17, 15) is 18.4 Å². The van der Waals surface area contributed by atoms with Crippen LogP contribution in [0.4, 0.5) is 13.8 Å². The molecule has 0 saturated heterocycles. The van der Waals surface area contributed by atoms with Gasteiger partial charge in [-0.15, -0.1) is 11.3 Å². The molecule has 1 aromatic heterocycles. The smallest absolute Gasteiger partial charge is 0.387 e. The number of amides is 2. The lowest BCUT2D eigenvalue weighted by molar-refractivity contribution is -0.0512. The molecule has 6 nitrogen and oxygen atoms in total. The van der Waals surface area contributed by atoms with Crippen LogP contribution in [-0.2, 0) is 19.4 Å². The van der Waals surface area contributed by atoms with Crippen molar-refractivity contribution in [1.29, 1.82) is 0 Å². The van der Waals surface area contributed by atoms with Gasteiger partial charge in [-0.05, 0) is 55.0 Å². The summed E-state index contributed by atoms with van der Waals surface area (Å²) in [6, 6.07) is 13.6. The van der Waals surface area contributed by atoms with Crippen molar-refractivity contribution >= 4 is 28.2 Å². The Hall–Kier alpha value is -3.46. The third kappa shape index (κ3) is 5.36.